The van der Waals surface area contributed by atoms with E-state index in [2.05, 4.69) is 35.9 Å². The Hall–Kier alpha value is -1.72. The largest absolute Gasteiger partial charge is 0.476 e. The molecule has 1 heterocycles. The number of hydrogen-bond donors (Lipinski definition) is 1. The van der Waals surface area contributed by atoms with Gasteiger partial charge >= 0.3 is 5.97 Å². The third-order valence-electron chi connectivity index (χ3n) is 3.27. The van der Waals surface area contributed by atoms with Crippen LogP contribution in [0.5, 0.6) is 0 Å². The van der Waals surface area contributed by atoms with Gasteiger partial charge in [0.15, 0.2) is 5.69 Å². The van der Waals surface area contributed by atoms with Gasteiger partial charge in [0, 0.05) is 5.38 Å². The van der Waals surface area contributed by atoms with Crippen molar-refractivity contribution in [3.63, 3.8) is 0 Å². The Balaban J connectivity index is 2.42. The Morgan fingerprint density at radius 3 is 2.45 bits per heavy atom. The minimum Gasteiger partial charge on any atom is -0.476 e. The van der Waals surface area contributed by atoms with Gasteiger partial charge in [-0.2, -0.15) is 0 Å². The van der Waals surface area contributed by atoms with Gasteiger partial charge in [0.05, 0.1) is 6.04 Å². The molecule has 0 radical (unpaired) electrons. The van der Waals surface area contributed by atoms with Crippen LogP contribution < -0.4 is 0 Å². The molecule has 0 amide bonds. The van der Waals surface area contributed by atoms with Crippen LogP contribution in [0.4, 0.5) is 0 Å². The lowest BCUT2D eigenvalue weighted by Gasteiger charge is -2.28. The molecule has 0 saturated carbocycles. The van der Waals surface area contributed by atoms with Crippen LogP contribution in [0.15, 0.2) is 35.7 Å². The lowest BCUT2D eigenvalue weighted by molar-refractivity contribution is 0.0691. The van der Waals surface area contributed by atoms with Gasteiger partial charge in [-0.1, -0.05) is 44.2 Å². The van der Waals surface area contributed by atoms with Gasteiger partial charge in [-0.15, -0.1) is 11.3 Å². The van der Waals surface area contributed by atoms with Crippen molar-refractivity contribution in [3.05, 3.63) is 52.0 Å². The van der Waals surface area contributed by atoms with Crippen molar-refractivity contribution >= 4 is 17.3 Å². The SMILES string of the molecule is CCN(CC)C(c1ccccc1)c1nc(C(=O)O)cs1. The van der Waals surface area contributed by atoms with Crippen molar-refractivity contribution in [1.82, 2.24) is 9.88 Å². The first kappa shape index (κ1) is 14.7. The summed E-state index contributed by atoms with van der Waals surface area (Å²) >= 11 is 1.41. The number of carboxylic acids is 1. The van der Waals surface area contributed by atoms with Gasteiger partial charge in [0.25, 0.3) is 0 Å². The molecule has 0 spiro atoms. The van der Waals surface area contributed by atoms with Crippen molar-refractivity contribution < 1.29 is 9.90 Å². The van der Waals surface area contributed by atoms with Gasteiger partial charge in [-0.25, -0.2) is 9.78 Å². The predicted molar refractivity (Wildman–Crippen MR) is 80.3 cm³/mol. The van der Waals surface area contributed by atoms with E-state index in [-0.39, 0.29) is 11.7 Å². The summed E-state index contributed by atoms with van der Waals surface area (Å²) in [5, 5.41) is 11.5. The molecule has 0 saturated heterocycles. The third kappa shape index (κ3) is 3.05. The first-order chi connectivity index (χ1) is 9.67. The van der Waals surface area contributed by atoms with Crippen molar-refractivity contribution in [1.29, 1.82) is 0 Å². The Morgan fingerprint density at radius 1 is 1.30 bits per heavy atom. The number of carboxylic acid groups (broad SMARTS) is 1. The van der Waals surface area contributed by atoms with Gasteiger partial charge in [-0.05, 0) is 18.7 Å². The van der Waals surface area contributed by atoms with Crippen molar-refractivity contribution in [2.24, 2.45) is 0 Å². The van der Waals surface area contributed by atoms with E-state index in [0.717, 1.165) is 23.7 Å². The molecule has 0 bridgehead atoms. The minimum atomic E-state index is -0.973. The second-order valence-corrected chi connectivity index (χ2v) is 5.30. The molecule has 5 heteroatoms. The Kier molecular flexibility index (Phi) is 4.87. The third-order valence-corrected chi connectivity index (χ3v) is 4.16. The Morgan fingerprint density at radius 2 is 1.95 bits per heavy atom. The molecule has 0 aliphatic rings. The second-order valence-electron chi connectivity index (χ2n) is 4.41. The summed E-state index contributed by atoms with van der Waals surface area (Å²) in [6, 6.07) is 10.1. The lowest BCUT2D eigenvalue weighted by atomic mass is 10.1. The first-order valence-corrected chi connectivity index (χ1v) is 7.53. The van der Waals surface area contributed by atoms with Gasteiger partial charge < -0.3 is 5.11 Å². The maximum Gasteiger partial charge on any atom is 0.355 e. The molecule has 1 aromatic heterocycles. The highest BCUT2D eigenvalue weighted by Gasteiger charge is 2.24. The standard InChI is InChI=1S/C15H18N2O2S/c1-3-17(4-2)13(11-8-6-5-7-9-11)14-16-12(10-20-14)15(18)19/h5-10,13H,3-4H2,1-2H3,(H,18,19). The van der Waals surface area contributed by atoms with Gasteiger partial charge in [0.2, 0.25) is 0 Å². The molecule has 0 aliphatic carbocycles. The van der Waals surface area contributed by atoms with Gasteiger partial charge in [-0.3, -0.25) is 4.90 Å². The summed E-state index contributed by atoms with van der Waals surface area (Å²) in [5.74, 6) is -0.973. The van der Waals surface area contributed by atoms with Crippen LogP contribution in [0.25, 0.3) is 0 Å². The number of nitrogens with zero attached hydrogens (tertiary/aromatic N) is 2. The molecule has 1 aromatic carbocycles. The average Bonchev–Trinajstić information content (AvgIpc) is 2.95. The number of thiazole rings is 1. The predicted octanol–water partition coefficient (Wildman–Crippen LogP) is 3.27. The highest BCUT2D eigenvalue weighted by atomic mass is 32.1. The second kappa shape index (κ2) is 6.63. The topological polar surface area (TPSA) is 53.4 Å². The van der Waals surface area contributed by atoms with Gasteiger partial charge in [0.1, 0.15) is 5.01 Å². The van der Waals surface area contributed by atoms with Crippen molar-refractivity contribution in [2.45, 2.75) is 19.9 Å². The summed E-state index contributed by atoms with van der Waals surface area (Å²) in [5.41, 5.74) is 1.26. The van der Waals surface area contributed by atoms with Crippen LogP contribution in [0.1, 0.15) is 40.9 Å². The molecule has 0 aliphatic heterocycles. The average molecular weight is 290 g/mol. The number of aromatic carboxylic acids is 1. The molecule has 2 rings (SSSR count). The fourth-order valence-corrected chi connectivity index (χ4v) is 3.20. The number of benzene rings is 1. The van der Waals surface area contributed by atoms with Crippen molar-refractivity contribution in [2.75, 3.05) is 13.1 Å². The number of carbonyl (C=O) groups is 1. The zero-order valence-corrected chi connectivity index (χ0v) is 12.4. The number of hydrogen-bond acceptors (Lipinski definition) is 4. The molecule has 4 nitrogen and oxygen atoms in total. The summed E-state index contributed by atoms with van der Waals surface area (Å²) in [7, 11) is 0. The van der Waals surface area contributed by atoms with Crippen LogP contribution in [0.3, 0.4) is 0 Å². The van der Waals surface area contributed by atoms with Crippen LogP contribution in [0.2, 0.25) is 0 Å². The number of aromatic nitrogens is 1. The Bertz CT molecular complexity index is 564. The molecule has 2 aromatic rings. The smallest absolute Gasteiger partial charge is 0.355 e. The van der Waals surface area contributed by atoms with E-state index in [1.54, 1.807) is 5.38 Å². The van der Waals surface area contributed by atoms with E-state index >= 15 is 0 Å². The molecule has 106 valence electrons. The van der Waals surface area contributed by atoms with E-state index in [0.29, 0.717) is 0 Å². The van der Waals surface area contributed by atoms with E-state index in [1.165, 1.54) is 11.3 Å². The molecule has 1 atom stereocenters. The first-order valence-electron chi connectivity index (χ1n) is 6.65. The molecule has 1 unspecified atom stereocenters. The highest BCUT2D eigenvalue weighted by Crippen LogP contribution is 2.30. The lowest BCUT2D eigenvalue weighted by Crippen LogP contribution is -2.29. The molecule has 20 heavy (non-hydrogen) atoms. The zero-order chi connectivity index (χ0) is 14.5. The maximum absolute atomic E-state index is 11.0. The Labute approximate surface area is 122 Å². The number of rotatable bonds is 6. The highest BCUT2D eigenvalue weighted by molar-refractivity contribution is 7.10. The minimum absolute atomic E-state index is 0.0179. The summed E-state index contributed by atoms with van der Waals surface area (Å²) in [4.78, 5) is 17.6. The summed E-state index contributed by atoms with van der Waals surface area (Å²) in [6.07, 6.45) is 0. The molecule has 0 fully saturated rings. The van der Waals surface area contributed by atoms with E-state index in [9.17, 15) is 4.79 Å². The molecular formula is C15H18N2O2S. The maximum atomic E-state index is 11.0. The molecule has 1 N–H and O–H groups in total. The van der Waals surface area contributed by atoms with Crippen LogP contribution >= 0.6 is 11.3 Å². The molecular weight excluding hydrogens is 272 g/mol. The zero-order valence-electron chi connectivity index (χ0n) is 11.6. The van der Waals surface area contributed by atoms with Crippen LogP contribution in [-0.4, -0.2) is 34.0 Å². The normalized spacial score (nSPS) is 12.6. The van der Waals surface area contributed by atoms with E-state index in [1.807, 2.05) is 18.2 Å². The summed E-state index contributed by atoms with van der Waals surface area (Å²) in [6.45, 7) is 5.98. The van der Waals surface area contributed by atoms with E-state index in [4.69, 9.17) is 5.11 Å². The van der Waals surface area contributed by atoms with Crippen molar-refractivity contribution in [3.8, 4) is 0 Å². The monoisotopic (exact) mass is 290 g/mol. The van der Waals surface area contributed by atoms with Crippen LogP contribution in [0, 0.1) is 0 Å². The van der Waals surface area contributed by atoms with Crippen LogP contribution in [-0.2, 0) is 0 Å². The fourth-order valence-electron chi connectivity index (χ4n) is 2.25. The quantitative estimate of drug-likeness (QED) is 0.887. The fraction of sp³-hybridized carbons (Fsp3) is 0.333. The summed E-state index contributed by atoms with van der Waals surface area (Å²) < 4.78 is 0. The van der Waals surface area contributed by atoms with E-state index < -0.39 is 5.97 Å².